The van der Waals surface area contributed by atoms with Crippen LogP contribution < -0.4 is 10.6 Å². The Kier molecular flexibility index (Phi) is 5.18. The van der Waals surface area contributed by atoms with E-state index in [9.17, 15) is 9.59 Å². The number of nitrogens with zero attached hydrogens (tertiary/aromatic N) is 6. The predicted molar refractivity (Wildman–Crippen MR) is 123 cm³/mol. The van der Waals surface area contributed by atoms with Crippen molar-refractivity contribution < 1.29 is 4.79 Å². The highest BCUT2D eigenvalue weighted by Gasteiger charge is 2.24. The highest BCUT2D eigenvalue weighted by Crippen LogP contribution is 2.19. The molecule has 0 unspecified atom stereocenters. The zero-order valence-corrected chi connectivity index (χ0v) is 17.9. The number of imidazole rings is 1. The van der Waals surface area contributed by atoms with Gasteiger partial charge in [-0.2, -0.15) is 0 Å². The van der Waals surface area contributed by atoms with Crippen molar-refractivity contribution in [1.29, 1.82) is 0 Å². The summed E-state index contributed by atoms with van der Waals surface area (Å²) >= 11 is 0. The second-order valence-corrected chi connectivity index (χ2v) is 7.89. The first kappa shape index (κ1) is 20.0. The summed E-state index contributed by atoms with van der Waals surface area (Å²) in [4.78, 5) is 38.7. The molecule has 162 valence electrons. The van der Waals surface area contributed by atoms with E-state index in [0.717, 1.165) is 22.4 Å². The van der Waals surface area contributed by atoms with Gasteiger partial charge in [-0.25, -0.2) is 14.8 Å². The van der Waals surface area contributed by atoms with E-state index in [1.807, 2.05) is 65.6 Å². The van der Waals surface area contributed by atoms with Crippen molar-refractivity contribution in [3.8, 4) is 11.4 Å². The Morgan fingerprint density at radius 3 is 2.34 bits per heavy atom. The maximum absolute atomic E-state index is 13.0. The monoisotopic (exact) mass is 428 g/mol. The summed E-state index contributed by atoms with van der Waals surface area (Å²) < 4.78 is 3.14. The van der Waals surface area contributed by atoms with E-state index in [0.29, 0.717) is 32.0 Å². The van der Waals surface area contributed by atoms with Gasteiger partial charge >= 0.3 is 5.69 Å². The molecule has 2 aromatic carbocycles. The van der Waals surface area contributed by atoms with Crippen LogP contribution in [0.5, 0.6) is 0 Å². The number of fused-ring (bicyclic) bond motifs is 1. The fraction of sp³-hybridized carbons (Fsp3) is 0.250. The van der Waals surface area contributed by atoms with E-state index in [1.165, 1.54) is 0 Å². The number of rotatable bonds is 4. The van der Waals surface area contributed by atoms with E-state index in [1.54, 1.807) is 22.4 Å². The summed E-state index contributed by atoms with van der Waals surface area (Å²) in [5.74, 6) is 1.50. The van der Waals surface area contributed by atoms with Crippen LogP contribution in [0.2, 0.25) is 0 Å². The maximum Gasteiger partial charge on any atom is 0.329 e. The van der Waals surface area contributed by atoms with E-state index < -0.39 is 0 Å². The normalized spacial score (nSPS) is 14.2. The van der Waals surface area contributed by atoms with Crippen LogP contribution in [0.3, 0.4) is 0 Å². The molecule has 0 radical (unpaired) electrons. The Balaban J connectivity index is 1.27. The summed E-state index contributed by atoms with van der Waals surface area (Å²) in [6, 6.07) is 19.3. The zero-order valence-electron chi connectivity index (χ0n) is 17.9. The minimum absolute atomic E-state index is 0.0456. The Labute approximate surface area is 185 Å². The van der Waals surface area contributed by atoms with Crippen LogP contribution >= 0.6 is 0 Å². The van der Waals surface area contributed by atoms with Gasteiger partial charge in [-0.1, -0.05) is 42.5 Å². The smallest absolute Gasteiger partial charge is 0.329 e. The number of aromatic nitrogens is 4. The third-order valence-electron chi connectivity index (χ3n) is 5.97. The first-order chi connectivity index (χ1) is 15.6. The second kappa shape index (κ2) is 8.30. The molecule has 0 spiro atoms. The lowest BCUT2D eigenvalue weighted by Gasteiger charge is -2.35. The molecule has 0 aliphatic carbocycles. The van der Waals surface area contributed by atoms with Crippen molar-refractivity contribution in [2.45, 2.75) is 6.54 Å². The molecule has 0 bridgehead atoms. The minimum atomic E-state index is -0.174. The molecule has 0 N–H and O–H groups in total. The molecule has 8 nitrogen and oxygen atoms in total. The van der Waals surface area contributed by atoms with Gasteiger partial charge in [-0.15, -0.1) is 0 Å². The average Bonchev–Trinajstić information content (AvgIpc) is 3.10. The Morgan fingerprint density at radius 1 is 0.906 bits per heavy atom. The molecule has 0 saturated carbocycles. The topological polar surface area (TPSA) is 76.3 Å². The molecule has 4 aromatic rings. The maximum atomic E-state index is 13.0. The number of carbonyl (C=O) groups is 1. The van der Waals surface area contributed by atoms with E-state index >= 15 is 0 Å². The predicted octanol–water partition coefficient (Wildman–Crippen LogP) is 2.15. The summed E-state index contributed by atoms with van der Waals surface area (Å²) in [6.07, 6.45) is 1.77. The van der Waals surface area contributed by atoms with Gasteiger partial charge in [0.2, 0.25) is 5.91 Å². The molecule has 3 heterocycles. The van der Waals surface area contributed by atoms with Crippen molar-refractivity contribution >= 4 is 22.8 Å². The van der Waals surface area contributed by atoms with Gasteiger partial charge in [0.25, 0.3) is 0 Å². The third-order valence-corrected chi connectivity index (χ3v) is 5.97. The molecule has 8 heteroatoms. The highest BCUT2D eigenvalue weighted by molar-refractivity contribution is 5.81. The first-order valence-corrected chi connectivity index (χ1v) is 10.7. The van der Waals surface area contributed by atoms with Gasteiger partial charge < -0.3 is 9.80 Å². The van der Waals surface area contributed by atoms with Crippen molar-refractivity contribution in [2.75, 3.05) is 31.1 Å². The minimum Gasteiger partial charge on any atom is -0.353 e. The third kappa shape index (κ3) is 3.64. The van der Waals surface area contributed by atoms with Crippen molar-refractivity contribution in [3.63, 3.8) is 0 Å². The van der Waals surface area contributed by atoms with Crippen LogP contribution in [0.25, 0.3) is 22.4 Å². The van der Waals surface area contributed by atoms with Gasteiger partial charge in [0.15, 0.2) is 5.82 Å². The molecule has 1 fully saturated rings. The quantitative estimate of drug-likeness (QED) is 0.498. The van der Waals surface area contributed by atoms with E-state index in [2.05, 4.69) is 9.88 Å². The number of para-hydroxylation sites is 2. The molecule has 1 aliphatic heterocycles. The summed E-state index contributed by atoms with van der Waals surface area (Å²) in [5, 5.41) is 0. The molecule has 5 rings (SSSR count). The number of anilines is 1. The molecule has 0 atom stereocenters. The van der Waals surface area contributed by atoms with Crippen LogP contribution in [0.15, 0.2) is 71.7 Å². The van der Waals surface area contributed by atoms with Crippen molar-refractivity contribution in [1.82, 2.24) is 24.0 Å². The number of benzene rings is 2. The molecular weight excluding hydrogens is 404 g/mol. The zero-order chi connectivity index (χ0) is 22.1. The molecule has 1 saturated heterocycles. The lowest BCUT2D eigenvalue weighted by molar-refractivity contribution is -0.132. The largest absolute Gasteiger partial charge is 0.353 e. The molecule has 32 heavy (non-hydrogen) atoms. The van der Waals surface area contributed by atoms with Gasteiger partial charge in [0, 0.05) is 45.0 Å². The first-order valence-electron chi connectivity index (χ1n) is 10.7. The lowest BCUT2D eigenvalue weighted by atomic mass is 10.2. The Hall–Kier alpha value is -3.94. The molecule has 2 aromatic heterocycles. The van der Waals surface area contributed by atoms with E-state index in [4.69, 9.17) is 4.98 Å². The van der Waals surface area contributed by atoms with E-state index in [-0.39, 0.29) is 18.1 Å². The number of aryl methyl sites for hydroxylation is 1. The number of carbonyl (C=O) groups excluding carboxylic acids is 1. The Morgan fingerprint density at radius 2 is 1.59 bits per heavy atom. The van der Waals surface area contributed by atoms with Crippen LogP contribution in [-0.2, 0) is 18.4 Å². The number of amides is 1. The SMILES string of the molecule is Cn1c(=O)n(CC(=O)N2CCN(c3ccnc(-c4ccccc4)n3)CC2)c2ccccc21. The van der Waals surface area contributed by atoms with Gasteiger partial charge in [0.05, 0.1) is 11.0 Å². The summed E-state index contributed by atoms with van der Waals surface area (Å²) in [5.41, 5.74) is 2.41. The number of hydrogen-bond acceptors (Lipinski definition) is 5. The molecule has 1 aliphatic rings. The molecular formula is C24H24N6O2. The fourth-order valence-electron chi connectivity index (χ4n) is 4.19. The van der Waals surface area contributed by atoms with Crippen LogP contribution in [-0.4, -0.2) is 56.1 Å². The van der Waals surface area contributed by atoms with Crippen LogP contribution in [0.1, 0.15) is 0 Å². The number of hydrogen-bond donors (Lipinski definition) is 0. The average molecular weight is 428 g/mol. The van der Waals surface area contributed by atoms with Crippen molar-refractivity contribution in [2.24, 2.45) is 7.05 Å². The summed E-state index contributed by atoms with van der Waals surface area (Å²) in [7, 11) is 1.73. The fourth-order valence-corrected chi connectivity index (χ4v) is 4.19. The Bertz CT molecular complexity index is 1320. The standard InChI is InChI=1S/C24H24N6O2/c1-27-19-9-5-6-10-20(19)30(24(27)32)17-22(31)29-15-13-28(14-16-29)21-11-12-25-23(26-21)18-7-3-2-4-8-18/h2-12H,13-17H2,1H3. The van der Waals surface area contributed by atoms with Crippen LogP contribution in [0, 0.1) is 0 Å². The van der Waals surface area contributed by atoms with Gasteiger partial charge in [0.1, 0.15) is 12.4 Å². The highest BCUT2D eigenvalue weighted by atomic mass is 16.2. The van der Waals surface area contributed by atoms with Gasteiger partial charge in [-0.05, 0) is 18.2 Å². The lowest BCUT2D eigenvalue weighted by Crippen LogP contribution is -2.50. The second-order valence-electron chi connectivity index (χ2n) is 7.89. The molecule has 1 amide bonds. The number of piperazine rings is 1. The van der Waals surface area contributed by atoms with Crippen molar-refractivity contribution in [3.05, 3.63) is 77.3 Å². The summed E-state index contributed by atoms with van der Waals surface area (Å²) in [6.45, 7) is 2.58. The van der Waals surface area contributed by atoms with Gasteiger partial charge in [-0.3, -0.25) is 13.9 Å². The van der Waals surface area contributed by atoms with Crippen LogP contribution in [0.4, 0.5) is 5.82 Å².